The SMILES string of the molecule is COC(=O)c1cnc(/C=C/c2ccc(-c3ccc(Cl)cc3[N+](=O)[O-])o2)s1. The van der Waals surface area contributed by atoms with Gasteiger partial charge in [-0.25, -0.2) is 9.78 Å². The smallest absolute Gasteiger partial charge is 0.349 e. The van der Waals surface area contributed by atoms with Crippen LogP contribution in [0.15, 0.2) is 40.9 Å². The average Bonchev–Trinajstić information content (AvgIpc) is 3.28. The molecule has 3 rings (SSSR count). The number of hydrogen-bond acceptors (Lipinski definition) is 7. The first-order chi connectivity index (χ1) is 12.5. The second kappa shape index (κ2) is 7.51. The number of rotatable bonds is 5. The molecular formula is C17H11ClN2O5S. The molecule has 0 N–H and O–H groups in total. The van der Waals surface area contributed by atoms with Crippen molar-refractivity contribution in [3.8, 4) is 11.3 Å². The zero-order valence-corrected chi connectivity index (χ0v) is 14.9. The van der Waals surface area contributed by atoms with Gasteiger partial charge in [0.2, 0.25) is 0 Å². The van der Waals surface area contributed by atoms with Gasteiger partial charge < -0.3 is 9.15 Å². The summed E-state index contributed by atoms with van der Waals surface area (Å²) in [6, 6.07) is 7.69. The van der Waals surface area contributed by atoms with Crippen LogP contribution in [0.5, 0.6) is 0 Å². The van der Waals surface area contributed by atoms with Crippen molar-refractivity contribution in [3.63, 3.8) is 0 Å². The largest absolute Gasteiger partial charge is 0.465 e. The van der Waals surface area contributed by atoms with Gasteiger partial charge in [0.15, 0.2) is 0 Å². The Kier molecular flexibility index (Phi) is 5.15. The summed E-state index contributed by atoms with van der Waals surface area (Å²) in [6.07, 6.45) is 4.77. The fourth-order valence-electron chi connectivity index (χ4n) is 2.16. The van der Waals surface area contributed by atoms with Gasteiger partial charge in [-0.15, -0.1) is 11.3 Å². The highest BCUT2D eigenvalue weighted by molar-refractivity contribution is 7.14. The highest BCUT2D eigenvalue weighted by atomic mass is 35.5. The number of nitrogens with zero attached hydrogens (tertiary/aromatic N) is 2. The van der Waals surface area contributed by atoms with Crippen LogP contribution in [0.25, 0.3) is 23.5 Å². The van der Waals surface area contributed by atoms with Crippen LogP contribution in [-0.2, 0) is 4.74 Å². The summed E-state index contributed by atoms with van der Waals surface area (Å²) in [7, 11) is 1.30. The first kappa shape index (κ1) is 17.8. The molecule has 0 radical (unpaired) electrons. The number of aromatic nitrogens is 1. The number of methoxy groups -OCH3 is 1. The maximum atomic E-state index is 11.4. The van der Waals surface area contributed by atoms with Gasteiger partial charge >= 0.3 is 5.97 Å². The quantitative estimate of drug-likeness (QED) is 0.348. The zero-order chi connectivity index (χ0) is 18.7. The minimum atomic E-state index is -0.511. The highest BCUT2D eigenvalue weighted by Gasteiger charge is 2.18. The Morgan fingerprint density at radius 3 is 2.88 bits per heavy atom. The number of benzene rings is 1. The molecule has 2 aromatic heterocycles. The van der Waals surface area contributed by atoms with Crippen molar-refractivity contribution in [1.29, 1.82) is 0 Å². The molecule has 0 aliphatic rings. The number of furan rings is 1. The third-order valence-electron chi connectivity index (χ3n) is 3.35. The summed E-state index contributed by atoms with van der Waals surface area (Å²) in [6.45, 7) is 0. The Hall–Kier alpha value is -2.97. The maximum absolute atomic E-state index is 11.4. The molecular weight excluding hydrogens is 380 g/mol. The summed E-state index contributed by atoms with van der Waals surface area (Å²) in [5, 5.41) is 12.1. The van der Waals surface area contributed by atoms with Crippen molar-refractivity contribution >= 4 is 46.7 Å². The molecule has 0 bridgehead atoms. The van der Waals surface area contributed by atoms with Crippen LogP contribution in [0.2, 0.25) is 5.02 Å². The van der Waals surface area contributed by atoms with Gasteiger partial charge in [0.1, 0.15) is 21.4 Å². The Labute approximate surface area is 156 Å². The Morgan fingerprint density at radius 1 is 1.35 bits per heavy atom. The van der Waals surface area contributed by atoms with Crippen molar-refractivity contribution in [3.05, 3.63) is 67.3 Å². The van der Waals surface area contributed by atoms with E-state index in [1.54, 1.807) is 30.4 Å². The summed E-state index contributed by atoms with van der Waals surface area (Å²) in [5.41, 5.74) is 0.200. The van der Waals surface area contributed by atoms with E-state index in [1.165, 1.54) is 36.8 Å². The number of esters is 1. The van der Waals surface area contributed by atoms with E-state index in [0.29, 0.717) is 27.0 Å². The number of nitro benzene ring substituents is 1. The average molecular weight is 391 g/mol. The van der Waals surface area contributed by atoms with Crippen molar-refractivity contribution < 1.29 is 18.9 Å². The zero-order valence-electron chi connectivity index (χ0n) is 13.3. The first-order valence-corrected chi connectivity index (χ1v) is 8.44. The lowest BCUT2D eigenvalue weighted by molar-refractivity contribution is -0.384. The summed E-state index contributed by atoms with van der Waals surface area (Å²) >= 11 is 7.00. The van der Waals surface area contributed by atoms with E-state index in [9.17, 15) is 14.9 Å². The molecule has 9 heteroatoms. The van der Waals surface area contributed by atoms with E-state index in [-0.39, 0.29) is 10.7 Å². The van der Waals surface area contributed by atoms with E-state index in [0.717, 1.165) is 0 Å². The van der Waals surface area contributed by atoms with Crippen molar-refractivity contribution in [2.24, 2.45) is 0 Å². The van der Waals surface area contributed by atoms with Crippen LogP contribution < -0.4 is 0 Å². The van der Waals surface area contributed by atoms with Gasteiger partial charge in [-0.05, 0) is 36.4 Å². The lowest BCUT2D eigenvalue weighted by atomic mass is 10.1. The molecule has 7 nitrogen and oxygen atoms in total. The van der Waals surface area contributed by atoms with Gasteiger partial charge in [0, 0.05) is 11.1 Å². The van der Waals surface area contributed by atoms with Crippen LogP contribution in [0.4, 0.5) is 5.69 Å². The molecule has 0 saturated heterocycles. The predicted octanol–water partition coefficient (Wildman–Crippen LogP) is 4.92. The van der Waals surface area contributed by atoms with Crippen LogP contribution in [-0.4, -0.2) is 23.0 Å². The van der Waals surface area contributed by atoms with E-state index in [4.69, 9.17) is 16.0 Å². The predicted molar refractivity (Wildman–Crippen MR) is 98.2 cm³/mol. The number of thiazole rings is 1. The van der Waals surface area contributed by atoms with Crippen molar-refractivity contribution in [1.82, 2.24) is 4.98 Å². The standard InChI is InChI=1S/C17H11ClN2O5S/c1-24-17(21)15-9-19-16(26-15)7-4-11-3-6-14(25-11)12-5-2-10(18)8-13(12)20(22)23/h2-9H,1H3/b7-4+. The third kappa shape index (κ3) is 3.81. The number of nitro groups is 1. The molecule has 2 heterocycles. The lowest BCUT2D eigenvalue weighted by Gasteiger charge is -2.00. The molecule has 0 fully saturated rings. The van der Waals surface area contributed by atoms with Crippen LogP contribution in [0.1, 0.15) is 20.4 Å². The fraction of sp³-hybridized carbons (Fsp3) is 0.0588. The van der Waals surface area contributed by atoms with Crippen molar-refractivity contribution in [2.45, 2.75) is 0 Å². The third-order valence-corrected chi connectivity index (χ3v) is 4.53. The summed E-state index contributed by atoms with van der Waals surface area (Å²) in [4.78, 5) is 26.6. The summed E-state index contributed by atoms with van der Waals surface area (Å²) < 4.78 is 10.3. The van der Waals surface area contributed by atoms with Crippen LogP contribution >= 0.6 is 22.9 Å². The van der Waals surface area contributed by atoms with Crippen molar-refractivity contribution in [2.75, 3.05) is 7.11 Å². The number of hydrogen-bond donors (Lipinski definition) is 0. The molecule has 0 aliphatic heterocycles. The van der Waals surface area contributed by atoms with E-state index in [2.05, 4.69) is 9.72 Å². The van der Waals surface area contributed by atoms with E-state index < -0.39 is 10.9 Å². The van der Waals surface area contributed by atoms with Gasteiger partial charge in [0.05, 0.1) is 23.8 Å². The van der Waals surface area contributed by atoms with Crippen LogP contribution in [0.3, 0.4) is 0 Å². The van der Waals surface area contributed by atoms with Gasteiger partial charge in [0.25, 0.3) is 5.69 Å². The van der Waals surface area contributed by atoms with E-state index in [1.807, 2.05) is 0 Å². The Balaban J connectivity index is 1.84. The lowest BCUT2D eigenvalue weighted by Crippen LogP contribution is -1.96. The Bertz CT molecular complexity index is 1010. The Morgan fingerprint density at radius 2 is 2.15 bits per heavy atom. The molecule has 0 amide bonds. The van der Waals surface area contributed by atoms with E-state index >= 15 is 0 Å². The number of carbonyl (C=O) groups excluding carboxylic acids is 1. The topological polar surface area (TPSA) is 95.5 Å². The minimum absolute atomic E-state index is 0.134. The number of carbonyl (C=O) groups is 1. The second-order valence-corrected chi connectivity index (χ2v) is 6.51. The molecule has 0 aliphatic carbocycles. The molecule has 1 aromatic carbocycles. The monoisotopic (exact) mass is 390 g/mol. The van der Waals surface area contributed by atoms with Crippen LogP contribution in [0, 0.1) is 10.1 Å². The molecule has 132 valence electrons. The highest BCUT2D eigenvalue weighted by Crippen LogP contribution is 2.33. The fourth-order valence-corrected chi connectivity index (χ4v) is 3.07. The second-order valence-electron chi connectivity index (χ2n) is 5.01. The molecule has 0 saturated carbocycles. The molecule has 0 spiro atoms. The van der Waals surface area contributed by atoms with Gasteiger partial charge in [-0.3, -0.25) is 10.1 Å². The normalized spacial score (nSPS) is 11.0. The molecule has 3 aromatic rings. The number of ether oxygens (including phenoxy) is 1. The molecule has 0 unspecified atom stereocenters. The first-order valence-electron chi connectivity index (χ1n) is 7.24. The summed E-state index contributed by atoms with van der Waals surface area (Å²) in [5.74, 6) is 0.388. The van der Waals surface area contributed by atoms with Gasteiger partial charge in [-0.2, -0.15) is 0 Å². The minimum Gasteiger partial charge on any atom is -0.465 e. The van der Waals surface area contributed by atoms with Gasteiger partial charge in [-0.1, -0.05) is 11.6 Å². The molecule has 0 atom stereocenters. The maximum Gasteiger partial charge on any atom is 0.349 e. The molecule has 26 heavy (non-hydrogen) atoms. The number of halogens is 1.